The second-order valence-electron chi connectivity index (χ2n) is 5.44. The van der Waals surface area contributed by atoms with Crippen LogP contribution in [-0.4, -0.2) is 54.0 Å². The fraction of sp³-hybridized carbons (Fsp3) is 1.00. The van der Waals surface area contributed by atoms with E-state index in [1.54, 1.807) is 6.92 Å². The van der Waals surface area contributed by atoms with Crippen LogP contribution in [0.4, 0.5) is 13.2 Å². The second-order valence-corrected chi connectivity index (χ2v) is 5.44. The third kappa shape index (κ3) is 4.93. The molecule has 0 radical (unpaired) electrons. The van der Waals surface area contributed by atoms with Crippen LogP contribution < -0.4 is 5.32 Å². The lowest BCUT2D eigenvalue weighted by Gasteiger charge is -2.32. The van der Waals surface area contributed by atoms with E-state index in [0.717, 1.165) is 19.4 Å². The van der Waals surface area contributed by atoms with Crippen LogP contribution in [0.2, 0.25) is 0 Å². The molecule has 0 heterocycles. The molecule has 0 aromatic carbocycles. The first-order valence-electron chi connectivity index (χ1n) is 7.02. The normalized spacial score (nSPS) is 28.3. The highest BCUT2D eigenvalue weighted by Gasteiger charge is 2.42. The first-order valence-corrected chi connectivity index (χ1v) is 7.02. The van der Waals surface area contributed by atoms with Crippen LogP contribution in [0, 0.1) is 0 Å². The van der Waals surface area contributed by atoms with Crippen LogP contribution >= 0.6 is 0 Å². The highest BCUT2D eigenvalue weighted by molar-refractivity contribution is 4.99. The fourth-order valence-corrected chi connectivity index (χ4v) is 2.89. The number of aliphatic hydroxyl groups is 1. The standard InChI is InChI=1S/C13H25F3N2O/c1-3-7-17-12(10-19)6-5-11(8-12)18(4-2)9-13(14,15)16/h11,17,19H,3-10H2,1-2H3. The van der Waals surface area contributed by atoms with E-state index in [1.165, 1.54) is 4.90 Å². The molecular formula is C13H25F3N2O. The Morgan fingerprint density at radius 3 is 2.53 bits per heavy atom. The Morgan fingerprint density at radius 1 is 1.37 bits per heavy atom. The molecule has 19 heavy (non-hydrogen) atoms. The zero-order chi connectivity index (χ0) is 14.5. The molecular weight excluding hydrogens is 257 g/mol. The van der Waals surface area contributed by atoms with Gasteiger partial charge in [0.1, 0.15) is 0 Å². The number of hydrogen-bond donors (Lipinski definition) is 2. The SMILES string of the molecule is CCCNC1(CO)CCC(N(CC)CC(F)(F)F)C1. The van der Waals surface area contributed by atoms with E-state index in [9.17, 15) is 18.3 Å². The van der Waals surface area contributed by atoms with E-state index in [2.05, 4.69) is 5.32 Å². The van der Waals surface area contributed by atoms with E-state index in [0.29, 0.717) is 19.4 Å². The molecule has 114 valence electrons. The number of aliphatic hydroxyl groups excluding tert-OH is 1. The molecule has 0 aromatic heterocycles. The van der Waals surface area contributed by atoms with Gasteiger partial charge in [0, 0.05) is 11.6 Å². The number of rotatable bonds is 7. The van der Waals surface area contributed by atoms with Crippen molar-refractivity contribution in [3.8, 4) is 0 Å². The molecule has 0 aromatic rings. The van der Waals surface area contributed by atoms with Crippen LogP contribution in [-0.2, 0) is 0 Å². The van der Waals surface area contributed by atoms with Crippen molar-refractivity contribution in [1.82, 2.24) is 10.2 Å². The van der Waals surface area contributed by atoms with Crippen LogP contribution in [0.5, 0.6) is 0 Å². The molecule has 1 fully saturated rings. The van der Waals surface area contributed by atoms with Crippen molar-refractivity contribution in [2.75, 3.05) is 26.2 Å². The summed E-state index contributed by atoms with van der Waals surface area (Å²) in [5.74, 6) is 0. The van der Waals surface area contributed by atoms with Gasteiger partial charge in [-0.1, -0.05) is 13.8 Å². The summed E-state index contributed by atoms with van der Waals surface area (Å²) in [6.07, 6.45) is -1.17. The molecule has 6 heteroatoms. The van der Waals surface area contributed by atoms with E-state index in [-0.39, 0.29) is 18.2 Å². The van der Waals surface area contributed by atoms with Crippen molar-refractivity contribution >= 4 is 0 Å². The van der Waals surface area contributed by atoms with Crippen molar-refractivity contribution in [2.24, 2.45) is 0 Å². The lowest BCUT2D eigenvalue weighted by molar-refractivity contribution is -0.150. The quantitative estimate of drug-likeness (QED) is 0.751. The number of nitrogens with one attached hydrogen (secondary N) is 1. The van der Waals surface area contributed by atoms with E-state index < -0.39 is 12.7 Å². The van der Waals surface area contributed by atoms with Gasteiger partial charge in [0.05, 0.1) is 13.2 Å². The maximum Gasteiger partial charge on any atom is 0.401 e. The molecule has 2 unspecified atom stereocenters. The van der Waals surface area contributed by atoms with Crippen molar-refractivity contribution in [2.45, 2.75) is 57.3 Å². The molecule has 3 nitrogen and oxygen atoms in total. The maximum absolute atomic E-state index is 12.5. The Morgan fingerprint density at radius 2 is 2.05 bits per heavy atom. The summed E-state index contributed by atoms with van der Waals surface area (Å²) < 4.78 is 37.5. The number of hydrogen-bond acceptors (Lipinski definition) is 3. The van der Waals surface area contributed by atoms with Crippen molar-refractivity contribution < 1.29 is 18.3 Å². The van der Waals surface area contributed by atoms with Gasteiger partial charge in [0.15, 0.2) is 0 Å². The van der Waals surface area contributed by atoms with Gasteiger partial charge in [0.2, 0.25) is 0 Å². The Hall–Kier alpha value is -0.330. The van der Waals surface area contributed by atoms with E-state index >= 15 is 0 Å². The zero-order valence-electron chi connectivity index (χ0n) is 11.8. The molecule has 2 atom stereocenters. The van der Waals surface area contributed by atoms with Gasteiger partial charge >= 0.3 is 6.18 Å². The molecule has 1 rings (SSSR count). The number of alkyl halides is 3. The van der Waals surface area contributed by atoms with Gasteiger partial charge in [-0.25, -0.2) is 0 Å². The second kappa shape index (κ2) is 6.90. The summed E-state index contributed by atoms with van der Waals surface area (Å²) in [4.78, 5) is 1.48. The van der Waals surface area contributed by atoms with E-state index in [4.69, 9.17) is 0 Å². The van der Waals surface area contributed by atoms with Gasteiger partial charge in [-0.3, -0.25) is 4.90 Å². The largest absolute Gasteiger partial charge is 0.401 e. The van der Waals surface area contributed by atoms with Gasteiger partial charge in [-0.15, -0.1) is 0 Å². The van der Waals surface area contributed by atoms with Gasteiger partial charge in [-0.2, -0.15) is 13.2 Å². The topological polar surface area (TPSA) is 35.5 Å². The summed E-state index contributed by atoms with van der Waals surface area (Å²) in [5, 5.41) is 12.9. The Kier molecular flexibility index (Phi) is 6.08. The van der Waals surface area contributed by atoms with Gasteiger partial charge < -0.3 is 10.4 Å². The lowest BCUT2D eigenvalue weighted by Crippen LogP contribution is -2.49. The van der Waals surface area contributed by atoms with Gasteiger partial charge in [0.25, 0.3) is 0 Å². The third-order valence-electron chi connectivity index (χ3n) is 3.94. The van der Waals surface area contributed by atoms with Crippen molar-refractivity contribution in [3.63, 3.8) is 0 Å². The minimum absolute atomic E-state index is 0.00687. The predicted molar refractivity (Wildman–Crippen MR) is 69.1 cm³/mol. The summed E-state index contributed by atoms with van der Waals surface area (Å²) in [6, 6.07) is -0.0943. The molecule has 0 bridgehead atoms. The monoisotopic (exact) mass is 282 g/mol. The Bertz CT molecular complexity index is 273. The lowest BCUT2D eigenvalue weighted by atomic mass is 9.98. The third-order valence-corrected chi connectivity index (χ3v) is 3.94. The van der Waals surface area contributed by atoms with E-state index in [1.807, 2.05) is 6.92 Å². The smallest absolute Gasteiger partial charge is 0.394 e. The number of halogens is 3. The van der Waals surface area contributed by atoms with Crippen molar-refractivity contribution in [1.29, 1.82) is 0 Å². The molecule has 2 N–H and O–H groups in total. The van der Waals surface area contributed by atoms with Crippen LogP contribution in [0.3, 0.4) is 0 Å². The summed E-state index contributed by atoms with van der Waals surface area (Å²) in [6.45, 7) is 4.10. The molecule has 1 saturated carbocycles. The first-order chi connectivity index (χ1) is 8.86. The molecule has 0 amide bonds. The molecule has 0 saturated heterocycles. The minimum atomic E-state index is -4.16. The maximum atomic E-state index is 12.5. The molecule has 0 spiro atoms. The highest BCUT2D eigenvalue weighted by atomic mass is 19.4. The Labute approximate surface area is 113 Å². The first kappa shape index (κ1) is 16.7. The molecule has 0 aliphatic heterocycles. The molecule has 1 aliphatic carbocycles. The zero-order valence-corrected chi connectivity index (χ0v) is 11.8. The summed E-state index contributed by atoms with van der Waals surface area (Å²) >= 11 is 0. The van der Waals surface area contributed by atoms with Crippen LogP contribution in [0.1, 0.15) is 39.5 Å². The number of nitrogens with zero attached hydrogens (tertiary/aromatic N) is 1. The van der Waals surface area contributed by atoms with Crippen LogP contribution in [0.15, 0.2) is 0 Å². The molecule has 1 aliphatic rings. The Balaban J connectivity index is 2.61. The predicted octanol–water partition coefficient (Wildman–Crippen LogP) is 2.15. The van der Waals surface area contributed by atoms with Gasteiger partial charge in [-0.05, 0) is 38.8 Å². The highest BCUT2D eigenvalue weighted by Crippen LogP contribution is 2.34. The van der Waals surface area contributed by atoms with Crippen LogP contribution in [0.25, 0.3) is 0 Å². The average molecular weight is 282 g/mol. The average Bonchev–Trinajstić information content (AvgIpc) is 2.77. The summed E-state index contributed by atoms with van der Waals surface area (Å²) in [5.41, 5.74) is -0.389. The minimum Gasteiger partial charge on any atom is -0.394 e. The van der Waals surface area contributed by atoms with Crippen molar-refractivity contribution in [3.05, 3.63) is 0 Å². The summed E-state index contributed by atoms with van der Waals surface area (Å²) in [7, 11) is 0. The fourth-order valence-electron chi connectivity index (χ4n) is 2.89.